The van der Waals surface area contributed by atoms with Gasteiger partial charge in [-0.05, 0) is 59.8 Å². The van der Waals surface area contributed by atoms with Crippen LogP contribution in [0.5, 0.6) is 5.75 Å². The lowest BCUT2D eigenvalue weighted by Gasteiger charge is -2.20. The molecule has 100 valence electrons. The molecule has 3 unspecified atom stereocenters. The quantitative estimate of drug-likeness (QED) is 0.898. The zero-order valence-electron chi connectivity index (χ0n) is 10.9. The zero-order valence-corrected chi connectivity index (χ0v) is 12.5. The number of nitrogens with one attached hydrogen (secondary N) is 1. The summed E-state index contributed by atoms with van der Waals surface area (Å²) in [5.74, 6) is 0.869. The van der Waals surface area contributed by atoms with Crippen molar-refractivity contribution >= 4 is 15.9 Å². The van der Waals surface area contributed by atoms with Crippen molar-refractivity contribution in [3.05, 3.63) is 28.2 Å². The highest BCUT2D eigenvalue weighted by molar-refractivity contribution is 9.10. The summed E-state index contributed by atoms with van der Waals surface area (Å²) >= 11 is 3.53. The van der Waals surface area contributed by atoms with Gasteiger partial charge in [0.1, 0.15) is 5.75 Å². The fourth-order valence-corrected chi connectivity index (χ4v) is 3.13. The number of nitrogens with two attached hydrogens (primary N) is 1. The van der Waals surface area contributed by atoms with E-state index in [1.165, 1.54) is 12.0 Å². The molecular formula is C14H21BrN2O. The highest BCUT2D eigenvalue weighted by Crippen LogP contribution is 2.29. The van der Waals surface area contributed by atoms with E-state index in [1.54, 1.807) is 7.11 Å². The summed E-state index contributed by atoms with van der Waals surface area (Å²) in [7, 11) is 1.68. The highest BCUT2D eigenvalue weighted by Gasteiger charge is 2.23. The van der Waals surface area contributed by atoms with Crippen molar-refractivity contribution in [1.29, 1.82) is 0 Å². The molecule has 1 saturated carbocycles. The van der Waals surface area contributed by atoms with Crippen molar-refractivity contribution in [2.45, 2.75) is 44.3 Å². The van der Waals surface area contributed by atoms with Gasteiger partial charge in [-0.2, -0.15) is 0 Å². The molecule has 0 heterocycles. The predicted molar refractivity (Wildman–Crippen MR) is 77.9 cm³/mol. The number of hydrogen-bond donors (Lipinski definition) is 2. The van der Waals surface area contributed by atoms with Gasteiger partial charge in [0, 0.05) is 18.1 Å². The van der Waals surface area contributed by atoms with Crippen LogP contribution >= 0.6 is 15.9 Å². The van der Waals surface area contributed by atoms with Gasteiger partial charge in [-0.3, -0.25) is 0 Å². The molecule has 0 bridgehead atoms. The van der Waals surface area contributed by atoms with Crippen LogP contribution in [0.25, 0.3) is 0 Å². The molecule has 0 spiro atoms. The Morgan fingerprint density at radius 1 is 1.44 bits per heavy atom. The Bertz CT molecular complexity index is 411. The van der Waals surface area contributed by atoms with Gasteiger partial charge >= 0.3 is 0 Å². The first-order valence-corrected chi connectivity index (χ1v) is 7.24. The number of ether oxygens (including phenoxy) is 1. The molecule has 1 aliphatic rings. The highest BCUT2D eigenvalue weighted by atomic mass is 79.9. The summed E-state index contributed by atoms with van der Waals surface area (Å²) in [6.07, 6.45) is 3.40. The second kappa shape index (κ2) is 6.04. The molecule has 1 aromatic carbocycles. The molecule has 3 nitrogen and oxygen atoms in total. The van der Waals surface area contributed by atoms with Crippen LogP contribution < -0.4 is 15.8 Å². The first-order chi connectivity index (χ1) is 8.60. The summed E-state index contributed by atoms with van der Waals surface area (Å²) in [4.78, 5) is 0. The van der Waals surface area contributed by atoms with Crippen molar-refractivity contribution in [2.75, 3.05) is 7.11 Å². The van der Waals surface area contributed by atoms with Gasteiger partial charge in [-0.1, -0.05) is 6.07 Å². The van der Waals surface area contributed by atoms with Crippen LogP contribution in [0.4, 0.5) is 0 Å². The van der Waals surface area contributed by atoms with Gasteiger partial charge < -0.3 is 15.8 Å². The maximum atomic E-state index is 5.94. The number of hydrogen-bond acceptors (Lipinski definition) is 3. The summed E-state index contributed by atoms with van der Waals surface area (Å²) in [6, 6.07) is 7.48. The molecule has 0 amide bonds. The number of rotatable bonds is 4. The molecule has 1 aliphatic carbocycles. The summed E-state index contributed by atoms with van der Waals surface area (Å²) in [5, 5.41) is 3.65. The average Bonchev–Trinajstić information content (AvgIpc) is 2.74. The maximum Gasteiger partial charge on any atom is 0.133 e. The molecular weight excluding hydrogens is 292 g/mol. The Kier molecular flexibility index (Phi) is 4.65. The van der Waals surface area contributed by atoms with Gasteiger partial charge in [0.2, 0.25) is 0 Å². The molecule has 3 atom stereocenters. The minimum Gasteiger partial charge on any atom is -0.496 e. The fraction of sp³-hybridized carbons (Fsp3) is 0.571. The Morgan fingerprint density at radius 3 is 2.78 bits per heavy atom. The fourth-order valence-electron chi connectivity index (χ4n) is 2.57. The molecule has 1 aromatic rings. The molecule has 0 radical (unpaired) electrons. The van der Waals surface area contributed by atoms with Gasteiger partial charge in [-0.15, -0.1) is 0 Å². The van der Waals surface area contributed by atoms with Crippen LogP contribution in [-0.4, -0.2) is 19.2 Å². The van der Waals surface area contributed by atoms with Crippen molar-refractivity contribution in [1.82, 2.24) is 5.32 Å². The Hall–Kier alpha value is -0.580. The van der Waals surface area contributed by atoms with Crippen LogP contribution in [0.15, 0.2) is 22.7 Å². The zero-order chi connectivity index (χ0) is 13.1. The molecule has 1 fully saturated rings. The van der Waals surface area contributed by atoms with E-state index >= 15 is 0 Å². The molecule has 0 aliphatic heterocycles. The summed E-state index contributed by atoms with van der Waals surface area (Å²) in [5.41, 5.74) is 7.20. The van der Waals surface area contributed by atoms with Gasteiger partial charge in [0.25, 0.3) is 0 Å². The topological polar surface area (TPSA) is 47.3 Å². The third kappa shape index (κ3) is 3.25. The smallest absolute Gasteiger partial charge is 0.133 e. The van der Waals surface area contributed by atoms with E-state index in [0.717, 1.165) is 23.1 Å². The lowest BCUT2D eigenvalue weighted by molar-refractivity contribution is 0.411. The van der Waals surface area contributed by atoms with E-state index in [2.05, 4.69) is 40.3 Å². The SMILES string of the molecule is COc1ccc(C(C)NC2CCC(N)C2)cc1Br. The lowest BCUT2D eigenvalue weighted by Crippen LogP contribution is -2.30. The van der Waals surface area contributed by atoms with E-state index in [4.69, 9.17) is 10.5 Å². The Morgan fingerprint density at radius 2 is 2.22 bits per heavy atom. The van der Waals surface area contributed by atoms with E-state index in [-0.39, 0.29) is 0 Å². The minimum absolute atomic E-state index is 0.336. The standard InChI is InChI=1S/C14H21BrN2O/c1-9(17-12-5-4-11(16)8-12)10-3-6-14(18-2)13(15)7-10/h3,6-7,9,11-12,17H,4-5,8,16H2,1-2H3. The second-order valence-corrected chi connectivity index (χ2v) is 5.91. The van der Waals surface area contributed by atoms with Crippen molar-refractivity contribution in [3.8, 4) is 5.75 Å². The number of benzene rings is 1. The molecule has 0 saturated heterocycles. The van der Waals surface area contributed by atoms with E-state index in [9.17, 15) is 0 Å². The van der Waals surface area contributed by atoms with Crippen LogP contribution in [0.2, 0.25) is 0 Å². The van der Waals surface area contributed by atoms with Gasteiger partial charge in [0.05, 0.1) is 11.6 Å². The largest absolute Gasteiger partial charge is 0.496 e. The third-order valence-electron chi connectivity index (χ3n) is 3.63. The normalized spacial score (nSPS) is 25.1. The number of halogens is 1. The minimum atomic E-state index is 0.336. The molecule has 3 N–H and O–H groups in total. The molecule has 2 rings (SSSR count). The third-order valence-corrected chi connectivity index (χ3v) is 4.25. The van der Waals surface area contributed by atoms with Gasteiger partial charge in [0.15, 0.2) is 0 Å². The summed E-state index contributed by atoms with van der Waals surface area (Å²) in [6.45, 7) is 2.19. The monoisotopic (exact) mass is 312 g/mol. The van der Waals surface area contributed by atoms with Crippen molar-refractivity contribution < 1.29 is 4.74 Å². The van der Waals surface area contributed by atoms with Crippen molar-refractivity contribution in [3.63, 3.8) is 0 Å². The molecule has 4 heteroatoms. The molecule has 0 aromatic heterocycles. The van der Waals surface area contributed by atoms with Gasteiger partial charge in [-0.25, -0.2) is 0 Å². The average molecular weight is 313 g/mol. The maximum absolute atomic E-state index is 5.94. The number of methoxy groups -OCH3 is 1. The molecule has 18 heavy (non-hydrogen) atoms. The van der Waals surface area contributed by atoms with Crippen LogP contribution in [0, 0.1) is 0 Å². The van der Waals surface area contributed by atoms with E-state index in [1.807, 2.05) is 6.07 Å². The summed E-state index contributed by atoms with van der Waals surface area (Å²) < 4.78 is 6.24. The van der Waals surface area contributed by atoms with E-state index < -0.39 is 0 Å². The lowest BCUT2D eigenvalue weighted by atomic mass is 10.1. The first-order valence-electron chi connectivity index (χ1n) is 6.45. The first kappa shape index (κ1) is 13.8. The predicted octanol–water partition coefficient (Wildman–Crippen LogP) is 2.99. The van der Waals surface area contributed by atoms with Crippen LogP contribution in [-0.2, 0) is 0 Å². The second-order valence-electron chi connectivity index (χ2n) is 5.05. The Balaban J connectivity index is 2.00. The van der Waals surface area contributed by atoms with E-state index in [0.29, 0.717) is 18.1 Å². The Labute approximate surface area is 117 Å². The van der Waals surface area contributed by atoms with Crippen LogP contribution in [0.3, 0.4) is 0 Å². The van der Waals surface area contributed by atoms with Crippen LogP contribution in [0.1, 0.15) is 37.8 Å². The van der Waals surface area contributed by atoms with Crippen molar-refractivity contribution in [2.24, 2.45) is 5.73 Å².